The third-order valence-corrected chi connectivity index (χ3v) is 2.89. The van der Waals surface area contributed by atoms with E-state index in [0.717, 1.165) is 10.9 Å². The van der Waals surface area contributed by atoms with Gasteiger partial charge in [0.05, 0.1) is 0 Å². The molecule has 0 fully saturated rings. The van der Waals surface area contributed by atoms with Crippen molar-refractivity contribution in [1.82, 2.24) is 10.3 Å². The normalized spacial score (nSPS) is 10.2. The second kappa shape index (κ2) is 5.68. The topological polar surface area (TPSA) is 44.9 Å². The lowest BCUT2D eigenvalue weighted by atomic mass is 10.1. The molecule has 1 aromatic carbocycles. The van der Waals surface area contributed by atoms with Gasteiger partial charge in [-0.15, -0.1) is 0 Å². The summed E-state index contributed by atoms with van der Waals surface area (Å²) in [7, 11) is 0. The summed E-state index contributed by atoms with van der Waals surface area (Å²) in [6.45, 7) is 0.638. The van der Waals surface area contributed by atoms with Gasteiger partial charge < -0.3 is 10.3 Å². The van der Waals surface area contributed by atoms with Crippen molar-refractivity contribution in [1.29, 1.82) is 0 Å². The molecule has 1 aromatic heterocycles. The number of hydrogen-bond acceptors (Lipinski definition) is 1. The lowest BCUT2D eigenvalue weighted by Crippen LogP contribution is -2.25. The van der Waals surface area contributed by atoms with Crippen LogP contribution in [0.1, 0.15) is 16.1 Å². The molecular formula is C13H13BrN2O. The third kappa shape index (κ3) is 3.46. The second-order valence-corrected chi connectivity index (χ2v) is 4.64. The average Bonchev–Trinajstić information content (AvgIpc) is 2.77. The van der Waals surface area contributed by atoms with Crippen molar-refractivity contribution in [3.8, 4) is 0 Å². The van der Waals surface area contributed by atoms with E-state index in [1.54, 1.807) is 12.3 Å². The van der Waals surface area contributed by atoms with Gasteiger partial charge in [0.2, 0.25) is 0 Å². The van der Waals surface area contributed by atoms with Crippen molar-refractivity contribution < 1.29 is 4.79 Å². The van der Waals surface area contributed by atoms with Gasteiger partial charge in [0.25, 0.3) is 5.91 Å². The Hall–Kier alpha value is -1.55. The van der Waals surface area contributed by atoms with Crippen LogP contribution in [-0.4, -0.2) is 17.4 Å². The van der Waals surface area contributed by atoms with Gasteiger partial charge in [0.15, 0.2) is 0 Å². The minimum absolute atomic E-state index is 0.0772. The van der Waals surface area contributed by atoms with Gasteiger partial charge in [0.1, 0.15) is 5.69 Å². The summed E-state index contributed by atoms with van der Waals surface area (Å²) < 4.78 is 0.880. The Morgan fingerprint density at radius 1 is 1.29 bits per heavy atom. The molecule has 3 nitrogen and oxygen atoms in total. The first-order chi connectivity index (χ1) is 8.25. The molecule has 0 unspecified atom stereocenters. The molecule has 0 saturated heterocycles. The van der Waals surface area contributed by atoms with Crippen molar-refractivity contribution in [2.24, 2.45) is 0 Å². The highest BCUT2D eigenvalue weighted by Gasteiger charge is 2.06. The zero-order valence-corrected chi connectivity index (χ0v) is 10.8. The number of carbonyl (C=O) groups excluding carboxylic acids is 1. The van der Waals surface area contributed by atoms with Crippen LogP contribution in [0.5, 0.6) is 0 Å². The summed E-state index contributed by atoms with van der Waals surface area (Å²) in [5.74, 6) is -0.0772. The summed E-state index contributed by atoms with van der Waals surface area (Å²) in [5.41, 5.74) is 1.80. The van der Waals surface area contributed by atoms with Gasteiger partial charge >= 0.3 is 0 Å². The largest absolute Gasteiger partial charge is 0.356 e. The van der Waals surface area contributed by atoms with Crippen LogP contribution in [0, 0.1) is 0 Å². The summed E-state index contributed by atoms with van der Waals surface area (Å²) in [6.07, 6.45) is 2.58. The second-order valence-electron chi connectivity index (χ2n) is 3.72. The Morgan fingerprint density at radius 3 is 2.71 bits per heavy atom. The van der Waals surface area contributed by atoms with Gasteiger partial charge in [-0.2, -0.15) is 0 Å². The van der Waals surface area contributed by atoms with Gasteiger partial charge in [-0.25, -0.2) is 0 Å². The standard InChI is InChI=1S/C13H13BrN2O/c14-11-8-12(16-9-11)13(17)15-7-6-10-4-2-1-3-5-10/h1-5,8-9,16H,6-7H2,(H,15,17). The number of H-pyrrole nitrogens is 1. The van der Waals surface area contributed by atoms with Crippen LogP contribution in [0.4, 0.5) is 0 Å². The lowest BCUT2D eigenvalue weighted by molar-refractivity contribution is 0.0950. The van der Waals surface area contributed by atoms with Crippen LogP contribution < -0.4 is 5.32 Å². The number of benzene rings is 1. The van der Waals surface area contributed by atoms with Gasteiger partial charge in [-0.05, 0) is 34.0 Å². The molecule has 17 heavy (non-hydrogen) atoms. The number of nitrogens with one attached hydrogen (secondary N) is 2. The fourth-order valence-electron chi connectivity index (χ4n) is 1.56. The SMILES string of the molecule is O=C(NCCc1ccccc1)c1cc(Br)c[nH]1. The first-order valence-electron chi connectivity index (χ1n) is 5.42. The Labute approximate surface area is 108 Å². The van der Waals surface area contributed by atoms with Gasteiger partial charge in [-0.3, -0.25) is 4.79 Å². The lowest BCUT2D eigenvalue weighted by Gasteiger charge is -2.03. The quantitative estimate of drug-likeness (QED) is 0.894. The average molecular weight is 293 g/mol. The molecule has 1 amide bonds. The molecule has 1 heterocycles. The first kappa shape index (κ1) is 11.9. The number of aromatic nitrogens is 1. The van der Waals surface area contributed by atoms with Crippen molar-refractivity contribution in [3.05, 3.63) is 58.3 Å². The van der Waals surface area contributed by atoms with Crippen LogP contribution >= 0.6 is 15.9 Å². The number of aromatic amines is 1. The molecule has 0 radical (unpaired) electrons. The van der Waals surface area contributed by atoms with E-state index in [2.05, 4.69) is 38.4 Å². The highest BCUT2D eigenvalue weighted by molar-refractivity contribution is 9.10. The van der Waals surface area contributed by atoms with Crippen molar-refractivity contribution in [2.45, 2.75) is 6.42 Å². The molecule has 2 rings (SSSR count). The number of carbonyl (C=O) groups is 1. The molecule has 0 bridgehead atoms. The highest BCUT2D eigenvalue weighted by Crippen LogP contribution is 2.10. The molecule has 0 spiro atoms. The van der Waals surface area contributed by atoms with Crippen LogP contribution in [0.25, 0.3) is 0 Å². The van der Waals surface area contributed by atoms with Gasteiger partial charge in [0, 0.05) is 17.2 Å². The molecule has 4 heteroatoms. The number of halogens is 1. The Bertz CT molecular complexity index is 493. The monoisotopic (exact) mass is 292 g/mol. The minimum atomic E-state index is -0.0772. The van der Waals surface area contributed by atoms with E-state index in [4.69, 9.17) is 0 Å². The maximum Gasteiger partial charge on any atom is 0.267 e. The van der Waals surface area contributed by atoms with E-state index in [1.807, 2.05) is 18.2 Å². The summed E-state index contributed by atoms with van der Waals surface area (Å²) in [5, 5.41) is 2.87. The minimum Gasteiger partial charge on any atom is -0.356 e. The zero-order valence-electron chi connectivity index (χ0n) is 9.24. The van der Waals surface area contributed by atoms with Crippen LogP contribution in [0.3, 0.4) is 0 Å². The molecule has 0 aliphatic rings. The van der Waals surface area contributed by atoms with E-state index in [0.29, 0.717) is 12.2 Å². The molecule has 2 N–H and O–H groups in total. The Morgan fingerprint density at radius 2 is 2.06 bits per heavy atom. The van der Waals surface area contributed by atoms with Crippen LogP contribution in [0.15, 0.2) is 47.1 Å². The fourth-order valence-corrected chi connectivity index (χ4v) is 1.90. The predicted molar refractivity (Wildman–Crippen MR) is 71.0 cm³/mol. The molecule has 0 aliphatic carbocycles. The van der Waals surface area contributed by atoms with Crippen LogP contribution in [-0.2, 0) is 6.42 Å². The number of rotatable bonds is 4. The van der Waals surface area contributed by atoms with E-state index in [-0.39, 0.29) is 5.91 Å². The summed E-state index contributed by atoms with van der Waals surface area (Å²) in [6, 6.07) is 11.9. The molecule has 0 aliphatic heterocycles. The Balaban J connectivity index is 1.81. The summed E-state index contributed by atoms with van der Waals surface area (Å²) >= 11 is 3.29. The highest BCUT2D eigenvalue weighted by atomic mass is 79.9. The zero-order chi connectivity index (χ0) is 12.1. The fraction of sp³-hybridized carbons (Fsp3) is 0.154. The smallest absolute Gasteiger partial charge is 0.267 e. The molecule has 0 saturated carbocycles. The number of amides is 1. The third-order valence-electron chi connectivity index (χ3n) is 2.43. The van der Waals surface area contributed by atoms with E-state index < -0.39 is 0 Å². The molecule has 88 valence electrons. The molecule has 2 aromatic rings. The maximum absolute atomic E-state index is 11.7. The summed E-state index contributed by atoms with van der Waals surface area (Å²) in [4.78, 5) is 14.6. The van der Waals surface area contributed by atoms with E-state index in [1.165, 1.54) is 5.56 Å². The maximum atomic E-state index is 11.7. The van der Waals surface area contributed by atoms with Crippen molar-refractivity contribution >= 4 is 21.8 Å². The van der Waals surface area contributed by atoms with Gasteiger partial charge in [-0.1, -0.05) is 30.3 Å². The predicted octanol–water partition coefficient (Wildman–Crippen LogP) is 2.75. The molecular weight excluding hydrogens is 280 g/mol. The van der Waals surface area contributed by atoms with Crippen LogP contribution in [0.2, 0.25) is 0 Å². The van der Waals surface area contributed by atoms with Crippen molar-refractivity contribution in [3.63, 3.8) is 0 Å². The number of hydrogen-bond donors (Lipinski definition) is 2. The molecule has 0 atom stereocenters. The van der Waals surface area contributed by atoms with Crippen molar-refractivity contribution in [2.75, 3.05) is 6.54 Å². The Kier molecular flexibility index (Phi) is 3.98. The first-order valence-corrected chi connectivity index (χ1v) is 6.21. The van der Waals surface area contributed by atoms with E-state index in [9.17, 15) is 4.79 Å². The van der Waals surface area contributed by atoms with E-state index >= 15 is 0 Å².